The molecule has 0 aromatic carbocycles. The van der Waals surface area contributed by atoms with Gasteiger partial charge in [0, 0.05) is 18.1 Å². The summed E-state index contributed by atoms with van der Waals surface area (Å²) in [4.78, 5) is 66.6. The maximum absolute atomic E-state index is 14.0. The standard InChI is InChI=1S/C23H34N4O6S2/c1-6-15-22(31)27-9-7-8-14(33-23(32)19(27)13(4)5)10-17(28)26-18(12(2)3)21(30)25-16(11-34-35-27)20(29)24-15/h6,12-14,16,18-19H,7-11H2,1-5H3,(H2-,24,25,26,28,29,30)/p+1/b15-6-/t14-,16-,18-,19+,27?/m1/s1. The summed E-state index contributed by atoms with van der Waals surface area (Å²) >= 11 is 0. The summed E-state index contributed by atoms with van der Waals surface area (Å²) in [6, 6.07) is -2.64. The maximum atomic E-state index is 14.0. The third-order valence-corrected chi connectivity index (χ3v) is 9.41. The second-order valence-corrected chi connectivity index (χ2v) is 12.3. The van der Waals surface area contributed by atoms with Crippen molar-refractivity contribution in [1.82, 2.24) is 16.0 Å². The van der Waals surface area contributed by atoms with Crippen molar-refractivity contribution in [2.24, 2.45) is 11.8 Å². The maximum Gasteiger partial charge on any atom is 0.374 e. The van der Waals surface area contributed by atoms with Crippen LogP contribution in [0, 0.1) is 11.8 Å². The largest absolute Gasteiger partial charge is 0.457 e. The highest BCUT2D eigenvalue weighted by Gasteiger charge is 2.55. The number of hydrogen-bond donors (Lipinski definition) is 3. The molecule has 1 spiro atoms. The number of allylic oxidation sites excluding steroid dienone is 1. The molecule has 0 radical (unpaired) electrons. The summed E-state index contributed by atoms with van der Waals surface area (Å²) in [6.07, 6.45) is 1.74. The smallest absolute Gasteiger partial charge is 0.374 e. The van der Waals surface area contributed by atoms with E-state index >= 15 is 0 Å². The van der Waals surface area contributed by atoms with E-state index in [-0.39, 0.29) is 39.5 Å². The van der Waals surface area contributed by atoms with E-state index in [1.165, 1.54) is 27.8 Å². The molecule has 194 valence electrons. The van der Waals surface area contributed by atoms with Crippen molar-refractivity contribution in [3.63, 3.8) is 0 Å². The molecular formula is C23H35N4O6S2+. The minimum atomic E-state index is -0.937. The van der Waals surface area contributed by atoms with E-state index in [1.54, 1.807) is 20.8 Å². The van der Waals surface area contributed by atoms with Crippen molar-refractivity contribution in [2.75, 3.05) is 12.3 Å². The summed E-state index contributed by atoms with van der Waals surface area (Å²) in [6.45, 7) is 9.31. The number of hydrogen-bond acceptors (Lipinski definition) is 8. The Hall–Kier alpha value is -2.05. The molecule has 0 aromatic rings. The van der Waals surface area contributed by atoms with Gasteiger partial charge in [0.05, 0.1) is 13.0 Å². The topological polar surface area (TPSA) is 131 Å². The van der Waals surface area contributed by atoms with Gasteiger partial charge in [-0.15, -0.1) is 0 Å². The number of nitrogens with one attached hydrogen (secondary N) is 3. The van der Waals surface area contributed by atoms with Gasteiger partial charge in [-0.25, -0.2) is 9.59 Å². The number of amides is 4. The van der Waals surface area contributed by atoms with Gasteiger partial charge in [0.25, 0.3) is 0 Å². The van der Waals surface area contributed by atoms with E-state index in [1.807, 2.05) is 13.8 Å². The first-order valence-electron chi connectivity index (χ1n) is 12.0. The monoisotopic (exact) mass is 527 g/mol. The normalized spacial score (nSPS) is 34.4. The second-order valence-electron chi connectivity index (χ2n) is 9.82. The minimum Gasteiger partial charge on any atom is -0.457 e. The zero-order valence-electron chi connectivity index (χ0n) is 20.8. The Morgan fingerprint density at radius 3 is 2.37 bits per heavy atom. The molecule has 5 atom stereocenters. The first-order valence-corrected chi connectivity index (χ1v) is 14.3. The molecule has 12 heteroatoms. The molecule has 4 saturated heterocycles. The lowest BCUT2D eigenvalue weighted by atomic mass is 9.98. The van der Waals surface area contributed by atoms with Gasteiger partial charge in [-0.1, -0.05) is 33.8 Å². The molecule has 0 aliphatic carbocycles. The molecule has 4 aliphatic rings. The lowest BCUT2D eigenvalue weighted by Crippen LogP contribution is -2.63. The molecule has 0 aromatic heterocycles. The van der Waals surface area contributed by atoms with Crippen LogP contribution in [0.5, 0.6) is 0 Å². The van der Waals surface area contributed by atoms with E-state index in [9.17, 15) is 24.0 Å². The number of rotatable bonds is 2. The Morgan fingerprint density at radius 1 is 1.03 bits per heavy atom. The van der Waals surface area contributed by atoms with Crippen LogP contribution in [-0.2, 0) is 28.7 Å². The van der Waals surface area contributed by atoms with E-state index in [2.05, 4.69) is 16.0 Å². The summed E-state index contributed by atoms with van der Waals surface area (Å²) in [5, 5.41) is 8.20. The lowest BCUT2D eigenvalue weighted by Gasteiger charge is -2.41. The molecule has 0 saturated carbocycles. The number of esters is 1. The van der Waals surface area contributed by atoms with Crippen LogP contribution in [-0.4, -0.2) is 70.0 Å². The van der Waals surface area contributed by atoms with Gasteiger partial charge in [0.1, 0.15) is 23.9 Å². The highest BCUT2D eigenvalue weighted by atomic mass is 33.1. The van der Waals surface area contributed by atoms with Gasteiger partial charge in [0.15, 0.2) is 11.0 Å². The Morgan fingerprint density at radius 2 is 1.74 bits per heavy atom. The van der Waals surface area contributed by atoms with Crippen LogP contribution in [0.25, 0.3) is 0 Å². The van der Waals surface area contributed by atoms with Crippen molar-refractivity contribution in [2.45, 2.75) is 78.1 Å². The molecule has 3 N–H and O–H groups in total. The molecule has 4 amide bonds. The van der Waals surface area contributed by atoms with Gasteiger partial charge in [0.2, 0.25) is 23.8 Å². The van der Waals surface area contributed by atoms with E-state index in [0.717, 1.165) is 0 Å². The van der Waals surface area contributed by atoms with Gasteiger partial charge >= 0.3 is 11.9 Å². The Kier molecular flexibility index (Phi) is 8.92. The Bertz CT molecular complexity index is 924. The van der Waals surface area contributed by atoms with Gasteiger partial charge in [-0.3, -0.25) is 14.4 Å². The van der Waals surface area contributed by atoms with Crippen molar-refractivity contribution >= 4 is 51.4 Å². The Labute approximate surface area is 213 Å². The van der Waals surface area contributed by atoms with Crippen LogP contribution < -0.4 is 16.0 Å². The summed E-state index contributed by atoms with van der Waals surface area (Å²) < 4.78 is 5.55. The minimum absolute atomic E-state index is 0.0765. The summed E-state index contributed by atoms with van der Waals surface area (Å²) in [7, 11) is 2.51. The number of carbonyl (C=O) groups excluding carboxylic acids is 5. The van der Waals surface area contributed by atoms with Crippen molar-refractivity contribution in [1.29, 1.82) is 0 Å². The number of carbonyl (C=O) groups is 5. The fourth-order valence-electron chi connectivity index (χ4n) is 4.68. The second kappa shape index (κ2) is 11.3. The number of fused-ring (bicyclic) bond motifs is 9. The quantitative estimate of drug-likeness (QED) is 0.162. The zero-order chi connectivity index (χ0) is 25.9. The molecule has 4 aliphatic heterocycles. The number of nitrogens with zero attached hydrogens (tertiary/aromatic N) is 1. The van der Waals surface area contributed by atoms with E-state index < -0.39 is 47.9 Å². The molecule has 1 unspecified atom stereocenters. The molecule has 4 rings (SSSR count). The number of quaternary nitrogens is 1. The van der Waals surface area contributed by atoms with Crippen LogP contribution in [0.15, 0.2) is 11.8 Å². The van der Waals surface area contributed by atoms with Crippen LogP contribution >= 0.6 is 21.8 Å². The van der Waals surface area contributed by atoms with Crippen molar-refractivity contribution in [3.05, 3.63) is 11.8 Å². The number of ether oxygens (including phenoxy) is 1. The first-order chi connectivity index (χ1) is 16.5. The van der Waals surface area contributed by atoms with Crippen LogP contribution in [0.3, 0.4) is 0 Å². The van der Waals surface area contributed by atoms with Crippen molar-refractivity contribution in [3.8, 4) is 0 Å². The summed E-state index contributed by atoms with van der Waals surface area (Å²) in [5.74, 6) is -2.65. The molecule has 4 fully saturated rings. The van der Waals surface area contributed by atoms with E-state index in [0.29, 0.717) is 19.4 Å². The highest BCUT2D eigenvalue weighted by molar-refractivity contribution is 8.74. The fraction of sp³-hybridized carbons (Fsp3) is 0.696. The van der Waals surface area contributed by atoms with E-state index in [4.69, 9.17) is 4.74 Å². The molecule has 3 bridgehead atoms. The van der Waals surface area contributed by atoms with Gasteiger partial charge in [-0.2, -0.15) is 3.89 Å². The first kappa shape index (κ1) is 27.5. The average Bonchev–Trinajstić information content (AvgIpc) is 2.80. The SMILES string of the molecule is C/C=C1\NC(=O)[C@H]2CSS[N+]3(CCC[C@H](CC(=O)N[C@H](C(C)C)C(=O)N2)OC(=O)[C@@H]3C(C)C)C1=O. The zero-order valence-corrected chi connectivity index (χ0v) is 22.4. The predicted octanol–water partition coefficient (Wildman–Crippen LogP) is 1.42. The molecule has 10 nitrogen and oxygen atoms in total. The van der Waals surface area contributed by atoms with Crippen LogP contribution in [0.1, 0.15) is 53.9 Å². The lowest BCUT2D eigenvalue weighted by molar-refractivity contribution is -0.739. The van der Waals surface area contributed by atoms with Crippen LogP contribution in [0.2, 0.25) is 0 Å². The fourth-order valence-corrected chi connectivity index (χ4v) is 7.95. The Balaban J connectivity index is 2.16. The third kappa shape index (κ3) is 5.86. The van der Waals surface area contributed by atoms with Gasteiger partial charge in [-0.05, 0) is 30.1 Å². The third-order valence-electron chi connectivity index (χ3n) is 6.47. The molecule has 4 heterocycles. The predicted molar refractivity (Wildman–Crippen MR) is 133 cm³/mol. The molecule has 35 heavy (non-hydrogen) atoms. The van der Waals surface area contributed by atoms with Crippen LogP contribution in [0.4, 0.5) is 0 Å². The van der Waals surface area contributed by atoms with Crippen molar-refractivity contribution < 1.29 is 32.6 Å². The average molecular weight is 528 g/mol. The van der Waals surface area contributed by atoms with Gasteiger partial charge < -0.3 is 20.7 Å². The summed E-state index contributed by atoms with van der Waals surface area (Å²) in [5.41, 5.74) is 0.0839. The molecular weight excluding hydrogens is 492 g/mol. The highest BCUT2D eigenvalue weighted by Crippen LogP contribution is 2.44.